The van der Waals surface area contributed by atoms with E-state index in [2.05, 4.69) is 27.8 Å². The number of benzene rings is 1. The van der Waals surface area contributed by atoms with E-state index in [1.807, 2.05) is 12.4 Å². The lowest BCUT2D eigenvalue weighted by atomic mass is 10.1. The molecule has 1 aromatic heterocycles. The van der Waals surface area contributed by atoms with Gasteiger partial charge in [0.05, 0.1) is 0 Å². The first-order valence-electron chi connectivity index (χ1n) is 7.89. The van der Waals surface area contributed by atoms with Gasteiger partial charge in [0, 0.05) is 57.7 Å². The molecule has 2 heterocycles. The van der Waals surface area contributed by atoms with Gasteiger partial charge < -0.3 is 0 Å². The molecule has 3 nitrogen and oxygen atoms in total. The minimum Gasteiger partial charge on any atom is -0.297 e. The molecule has 3 rings (SSSR count). The lowest BCUT2D eigenvalue weighted by Gasteiger charge is -2.35. The first-order valence-corrected chi connectivity index (χ1v) is 7.89. The summed E-state index contributed by atoms with van der Waals surface area (Å²) in [6.45, 7) is 7.33. The molecular formula is C18H21F2N3. The van der Waals surface area contributed by atoms with Crippen molar-refractivity contribution in [1.82, 2.24) is 14.8 Å². The van der Waals surface area contributed by atoms with Gasteiger partial charge in [0.1, 0.15) is 11.6 Å². The molecule has 0 amide bonds. The number of hydrogen-bond donors (Lipinski definition) is 0. The van der Waals surface area contributed by atoms with E-state index in [0.717, 1.165) is 38.8 Å². The summed E-state index contributed by atoms with van der Waals surface area (Å²) in [6, 6.07) is 5.81. The van der Waals surface area contributed by atoms with E-state index in [9.17, 15) is 8.78 Å². The predicted octanol–water partition coefficient (Wildman–Crippen LogP) is 2.99. The predicted molar refractivity (Wildman–Crippen MR) is 85.9 cm³/mol. The maximum absolute atomic E-state index is 13.3. The van der Waals surface area contributed by atoms with Crippen molar-refractivity contribution in [2.75, 3.05) is 26.2 Å². The van der Waals surface area contributed by atoms with Crippen molar-refractivity contribution in [3.8, 4) is 0 Å². The van der Waals surface area contributed by atoms with Crippen LogP contribution in [0.3, 0.4) is 0 Å². The number of pyridine rings is 1. The van der Waals surface area contributed by atoms with Crippen LogP contribution in [0.2, 0.25) is 0 Å². The van der Waals surface area contributed by atoms with Gasteiger partial charge in [-0.05, 0) is 41.8 Å². The van der Waals surface area contributed by atoms with E-state index >= 15 is 0 Å². The number of aromatic nitrogens is 1. The number of nitrogens with zero attached hydrogens (tertiary/aromatic N) is 3. The van der Waals surface area contributed by atoms with Crippen LogP contribution in [0.1, 0.15) is 16.7 Å². The molecule has 1 fully saturated rings. The highest BCUT2D eigenvalue weighted by Crippen LogP contribution is 2.15. The Bertz CT molecular complexity index is 647. The van der Waals surface area contributed by atoms with Crippen LogP contribution in [0, 0.1) is 18.6 Å². The highest BCUT2D eigenvalue weighted by atomic mass is 19.1. The van der Waals surface area contributed by atoms with Crippen molar-refractivity contribution in [2.24, 2.45) is 0 Å². The molecule has 0 atom stereocenters. The third kappa shape index (κ3) is 4.33. The van der Waals surface area contributed by atoms with Gasteiger partial charge >= 0.3 is 0 Å². The Morgan fingerprint density at radius 2 is 1.57 bits per heavy atom. The fraction of sp³-hybridized carbons (Fsp3) is 0.389. The maximum atomic E-state index is 13.3. The van der Waals surface area contributed by atoms with E-state index in [1.165, 1.54) is 23.3 Å². The van der Waals surface area contributed by atoms with Crippen molar-refractivity contribution < 1.29 is 8.78 Å². The molecule has 0 spiro atoms. The second-order valence-corrected chi connectivity index (χ2v) is 6.13. The summed E-state index contributed by atoms with van der Waals surface area (Å²) in [7, 11) is 0. The lowest BCUT2D eigenvalue weighted by Crippen LogP contribution is -2.45. The Morgan fingerprint density at radius 3 is 2.17 bits per heavy atom. The summed E-state index contributed by atoms with van der Waals surface area (Å²) in [5.74, 6) is -1.02. The average Bonchev–Trinajstić information content (AvgIpc) is 2.50. The molecule has 1 aliphatic heterocycles. The van der Waals surface area contributed by atoms with Gasteiger partial charge in [-0.1, -0.05) is 0 Å². The minimum absolute atomic E-state index is 0.508. The molecule has 1 aromatic carbocycles. The van der Waals surface area contributed by atoms with Gasteiger partial charge in [0.25, 0.3) is 0 Å². The van der Waals surface area contributed by atoms with Crippen LogP contribution in [-0.2, 0) is 13.1 Å². The quantitative estimate of drug-likeness (QED) is 0.864. The first kappa shape index (κ1) is 16.0. The normalized spacial score (nSPS) is 16.7. The molecule has 0 bridgehead atoms. The molecule has 0 unspecified atom stereocenters. The maximum Gasteiger partial charge on any atom is 0.126 e. The zero-order chi connectivity index (χ0) is 16.2. The van der Waals surface area contributed by atoms with E-state index in [-0.39, 0.29) is 0 Å². The summed E-state index contributed by atoms with van der Waals surface area (Å²) in [5, 5.41) is 0. The third-order valence-corrected chi connectivity index (χ3v) is 4.32. The van der Waals surface area contributed by atoms with E-state index in [4.69, 9.17) is 0 Å². The molecule has 0 N–H and O–H groups in total. The second kappa shape index (κ2) is 7.15. The first-order chi connectivity index (χ1) is 11.1. The molecule has 0 saturated carbocycles. The van der Waals surface area contributed by atoms with Crippen molar-refractivity contribution in [3.63, 3.8) is 0 Å². The van der Waals surface area contributed by atoms with Gasteiger partial charge in [-0.25, -0.2) is 8.78 Å². The third-order valence-electron chi connectivity index (χ3n) is 4.32. The van der Waals surface area contributed by atoms with Gasteiger partial charge in [0.2, 0.25) is 0 Å². The van der Waals surface area contributed by atoms with E-state index in [0.29, 0.717) is 12.1 Å². The number of piperazine rings is 1. The van der Waals surface area contributed by atoms with Gasteiger partial charge in [-0.15, -0.1) is 0 Å². The summed E-state index contributed by atoms with van der Waals surface area (Å²) < 4.78 is 26.5. The van der Waals surface area contributed by atoms with E-state index < -0.39 is 11.6 Å². The summed E-state index contributed by atoms with van der Waals surface area (Å²) >= 11 is 0. The zero-order valence-corrected chi connectivity index (χ0v) is 13.3. The van der Waals surface area contributed by atoms with Crippen LogP contribution in [-0.4, -0.2) is 41.0 Å². The Labute approximate surface area is 135 Å². The number of rotatable bonds is 4. The summed E-state index contributed by atoms with van der Waals surface area (Å²) in [5.41, 5.74) is 3.21. The van der Waals surface area contributed by atoms with Crippen LogP contribution < -0.4 is 0 Å². The monoisotopic (exact) mass is 317 g/mol. The van der Waals surface area contributed by atoms with Crippen molar-refractivity contribution in [1.29, 1.82) is 0 Å². The van der Waals surface area contributed by atoms with Gasteiger partial charge in [-0.3, -0.25) is 14.8 Å². The molecule has 122 valence electrons. The summed E-state index contributed by atoms with van der Waals surface area (Å²) in [4.78, 5) is 8.77. The van der Waals surface area contributed by atoms with Crippen molar-refractivity contribution in [3.05, 3.63) is 65.0 Å². The lowest BCUT2D eigenvalue weighted by molar-refractivity contribution is 0.121. The van der Waals surface area contributed by atoms with Crippen LogP contribution in [0.25, 0.3) is 0 Å². The molecule has 5 heteroatoms. The zero-order valence-electron chi connectivity index (χ0n) is 13.3. The van der Waals surface area contributed by atoms with Gasteiger partial charge in [-0.2, -0.15) is 0 Å². The standard InChI is InChI=1S/C18H21F2N3/c1-14-11-21-3-2-16(14)13-23-6-4-22(5-7-23)12-15-8-17(19)10-18(20)9-15/h2-3,8-11H,4-7,12-13H2,1H3. The smallest absolute Gasteiger partial charge is 0.126 e. The van der Waals surface area contributed by atoms with Crippen LogP contribution in [0.5, 0.6) is 0 Å². The Hall–Kier alpha value is -1.85. The molecule has 1 aliphatic rings. The highest BCUT2D eigenvalue weighted by molar-refractivity contribution is 5.21. The molecule has 23 heavy (non-hydrogen) atoms. The fourth-order valence-electron chi connectivity index (χ4n) is 2.99. The van der Waals surface area contributed by atoms with E-state index in [1.54, 1.807) is 0 Å². The number of aryl methyl sites for hydroxylation is 1. The summed E-state index contributed by atoms with van der Waals surface area (Å²) in [6.07, 6.45) is 3.72. The molecule has 0 aliphatic carbocycles. The Balaban J connectivity index is 1.53. The molecular weight excluding hydrogens is 296 g/mol. The number of halogens is 2. The molecule has 2 aromatic rings. The minimum atomic E-state index is -0.508. The SMILES string of the molecule is Cc1cnccc1CN1CCN(Cc2cc(F)cc(F)c2)CC1. The highest BCUT2D eigenvalue weighted by Gasteiger charge is 2.18. The van der Waals surface area contributed by atoms with Crippen LogP contribution in [0.4, 0.5) is 8.78 Å². The van der Waals surface area contributed by atoms with Crippen LogP contribution in [0.15, 0.2) is 36.7 Å². The molecule has 1 saturated heterocycles. The van der Waals surface area contributed by atoms with Crippen molar-refractivity contribution >= 4 is 0 Å². The van der Waals surface area contributed by atoms with Crippen molar-refractivity contribution in [2.45, 2.75) is 20.0 Å². The van der Waals surface area contributed by atoms with Crippen LogP contribution >= 0.6 is 0 Å². The second-order valence-electron chi connectivity index (χ2n) is 6.13. The average molecular weight is 317 g/mol. The van der Waals surface area contributed by atoms with Gasteiger partial charge in [0.15, 0.2) is 0 Å². The Kier molecular flexibility index (Phi) is 4.98. The number of hydrogen-bond acceptors (Lipinski definition) is 3. The topological polar surface area (TPSA) is 19.4 Å². The fourth-order valence-corrected chi connectivity index (χ4v) is 2.99. The largest absolute Gasteiger partial charge is 0.297 e. The molecule has 0 radical (unpaired) electrons. The Morgan fingerprint density at radius 1 is 0.957 bits per heavy atom.